The Kier molecular flexibility index (Phi) is 5.79. The molecular formula is C18H26ClN3O. The molecule has 1 saturated carbocycles. The van der Waals surface area contributed by atoms with E-state index in [-0.39, 0.29) is 6.03 Å². The second-order valence-corrected chi connectivity index (χ2v) is 7.01. The number of benzene rings is 1. The van der Waals surface area contributed by atoms with E-state index in [1.54, 1.807) is 0 Å². The molecule has 0 unspecified atom stereocenters. The van der Waals surface area contributed by atoms with E-state index < -0.39 is 0 Å². The van der Waals surface area contributed by atoms with E-state index in [1.807, 2.05) is 29.2 Å². The molecule has 1 heterocycles. The summed E-state index contributed by atoms with van der Waals surface area (Å²) in [6, 6.07) is 8.64. The maximum absolute atomic E-state index is 12.3. The molecular weight excluding hydrogens is 310 g/mol. The van der Waals surface area contributed by atoms with Gasteiger partial charge in [-0.2, -0.15) is 0 Å². The Morgan fingerprint density at radius 1 is 1.17 bits per heavy atom. The molecule has 4 nitrogen and oxygen atoms in total. The summed E-state index contributed by atoms with van der Waals surface area (Å²) >= 11 is 5.98. The van der Waals surface area contributed by atoms with Gasteiger partial charge in [-0.25, -0.2) is 4.79 Å². The van der Waals surface area contributed by atoms with Crippen LogP contribution in [0.3, 0.4) is 0 Å². The molecule has 1 aromatic carbocycles. The van der Waals surface area contributed by atoms with Gasteiger partial charge in [-0.3, -0.25) is 4.90 Å². The third kappa shape index (κ3) is 4.61. The third-order valence-electron chi connectivity index (χ3n) is 5.02. The number of halogens is 1. The van der Waals surface area contributed by atoms with Crippen molar-refractivity contribution in [2.75, 3.05) is 32.7 Å². The van der Waals surface area contributed by atoms with Crippen molar-refractivity contribution < 1.29 is 4.79 Å². The van der Waals surface area contributed by atoms with Gasteiger partial charge in [0.1, 0.15) is 0 Å². The highest BCUT2D eigenvalue weighted by atomic mass is 35.5. The Morgan fingerprint density at radius 2 is 1.91 bits per heavy atom. The summed E-state index contributed by atoms with van der Waals surface area (Å²) in [5.74, 6) is 0. The summed E-state index contributed by atoms with van der Waals surface area (Å²) in [7, 11) is 0. The van der Waals surface area contributed by atoms with E-state index in [1.165, 1.54) is 25.7 Å². The second kappa shape index (κ2) is 8.02. The number of hydrogen-bond donors (Lipinski definition) is 1. The quantitative estimate of drug-likeness (QED) is 0.917. The van der Waals surface area contributed by atoms with Crippen molar-refractivity contribution in [3.05, 3.63) is 34.9 Å². The van der Waals surface area contributed by atoms with Crippen LogP contribution in [-0.4, -0.2) is 54.6 Å². The van der Waals surface area contributed by atoms with E-state index in [4.69, 9.17) is 11.6 Å². The summed E-state index contributed by atoms with van der Waals surface area (Å²) in [6.07, 6.45) is 6.23. The number of hydrogen-bond acceptors (Lipinski definition) is 2. The lowest BCUT2D eigenvalue weighted by molar-refractivity contribution is 0.110. The van der Waals surface area contributed by atoms with E-state index in [9.17, 15) is 4.79 Å². The van der Waals surface area contributed by atoms with Crippen molar-refractivity contribution >= 4 is 17.6 Å². The lowest BCUT2D eigenvalue weighted by atomic mass is 10.1. The van der Waals surface area contributed by atoms with Crippen molar-refractivity contribution in [3.63, 3.8) is 0 Å². The molecule has 5 heteroatoms. The van der Waals surface area contributed by atoms with Crippen LogP contribution in [0.2, 0.25) is 5.02 Å². The summed E-state index contributed by atoms with van der Waals surface area (Å²) in [4.78, 5) is 16.8. The molecule has 0 bridgehead atoms. The summed E-state index contributed by atoms with van der Waals surface area (Å²) in [5.41, 5.74) is 1.16. The first-order valence-corrected chi connectivity index (χ1v) is 9.11. The van der Waals surface area contributed by atoms with Crippen LogP contribution < -0.4 is 5.32 Å². The number of nitrogens with one attached hydrogen (secondary N) is 1. The predicted octanol–water partition coefficient (Wildman–Crippen LogP) is 3.15. The van der Waals surface area contributed by atoms with Gasteiger partial charge in [0.2, 0.25) is 0 Å². The molecule has 0 radical (unpaired) electrons. The van der Waals surface area contributed by atoms with Crippen LogP contribution >= 0.6 is 11.6 Å². The minimum absolute atomic E-state index is 0.0677. The van der Waals surface area contributed by atoms with Crippen LogP contribution in [0.4, 0.5) is 4.79 Å². The summed E-state index contributed by atoms with van der Waals surface area (Å²) in [6.45, 7) is 4.39. The van der Waals surface area contributed by atoms with Crippen LogP contribution in [0.15, 0.2) is 24.3 Å². The SMILES string of the molecule is O=C(NCCc1cccc(Cl)c1)N1CCN(C2CCCC2)CC1. The zero-order valence-electron chi connectivity index (χ0n) is 13.6. The predicted molar refractivity (Wildman–Crippen MR) is 94.0 cm³/mol. The zero-order valence-corrected chi connectivity index (χ0v) is 14.4. The molecule has 2 aliphatic rings. The fourth-order valence-electron chi connectivity index (χ4n) is 3.68. The molecule has 2 fully saturated rings. The van der Waals surface area contributed by atoms with Crippen LogP contribution in [0.5, 0.6) is 0 Å². The van der Waals surface area contributed by atoms with Gasteiger partial charge in [-0.05, 0) is 37.0 Å². The topological polar surface area (TPSA) is 35.6 Å². The van der Waals surface area contributed by atoms with Gasteiger partial charge in [0, 0.05) is 43.8 Å². The first-order valence-electron chi connectivity index (χ1n) is 8.73. The fourth-order valence-corrected chi connectivity index (χ4v) is 3.89. The number of amides is 2. The smallest absolute Gasteiger partial charge is 0.317 e. The molecule has 2 amide bonds. The van der Waals surface area contributed by atoms with E-state index in [0.717, 1.165) is 49.2 Å². The minimum Gasteiger partial charge on any atom is -0.338 e. The van der Waals surface area contributed by atoms with Crippen molar-refractivity contribution in [2.45, 2.75) is 38.1 Å². The van der Waals surface area contributed by atoms with Gasteiger partial charge in [-0.15, -0.1) is 0 Å². The molecule has 1 aromatic rings. The highest BCUT2D eigenvalue weighted by Crippen LogP contribution is 2.24. The fraction of sp³-hybridized carbons (Fsp3) is 0.611. The molecule has 1 saturated heterocycles. The van der Waals surface area contributed by atoms with Crippen LogP contribution in [0.1, 0.15) is 31.2 Å². The van der Waals surface area contributed by atoms with Crippen molar-refractivity contribution in [1.82, 2.24) is 15.1 Å². The minimum atomic E-state index is 0.0677. The molecule has 0 atom stereocenters. The van der Waals surface area contributed by atoms with E-state index in [2.05, 4.69) is 10.2 Å². The number of nitrogens with zero attached hydrogens (tertiary/aromatic N) is 2. The Morgan fingerprint density at radius 3 is 2.61 bits per heavy atom. The van der Waals surface area contributed by atoms with Gasteiger partial charge in [0.15, 0.2) is 0 Å². The van der Waals surface area contributed by atoms with Gasteiger partial charge in [0.05, 0.1) is 0 Å². The van der Waals surface area contributed by atoms with Gasteiger partial charge in [0.25, 0.3) is 0 Å². The Labute approximate surface area is 143 Å². The standard InChI is InChI=1S/C18H26ClN3O/c19-16-5-3-4-15(14-16)8-9-20-18(23)22-12-10-21(11-13-22)17-6-1-2-7-17/h3-5,14,17H,1-2,6-13H2,(H,20,23). The average Bonchev–Trinajstić information content (AvgIpc) is 3.09. The number of urea groups is 1. The monoisotopic (exact) mass is 335 g/mol. The molecule has 1 aliphatic carbocycles. The number of piperazine rings is 1. The van der Waals surface area contributed by atoms with Crippen LogP contribution in [-0.2, 0) is 6.42 Å². The first kappa shape index (κ1) is 16.6. The van der Waals surface area contributed by atoms with Crippen LogP contribution in [0.25, 0.3) is 0 Å². The van der Waals surface area contributed by atoms with Crippen LogP contribution in [0, 0.1) is 0 Å². The van der Waals surface area contributed by atoms with E-state index in [0.29, 0.717) is 6.54 Å². The van der Waals surface area contributed by atoms with Crippen molar-refractivity contribution in [3.8, 4) is 0 Å². The molecule has 1 aliphatic heterocycles. The molecule has 23 heavy (non-hydrogen) atoms. The third-order valence-corrected chi connectivity index (χ3v) is 5.26. The Hall–Kier alpha value is -1.26. The number of rotatable bonds is 4. The molecule has 126 valence electrons. The lowest BCUT2D eigenvalue weighted by Crippen LogP contribution is -2.53. The highest BCUT2D eigenvalue weighted by Gasteiger charge is 2.27. The van der Waals surface area contributed by atoms with Gasteiger partial charge >= 0.3 is 6.03 Å². The molecule has 0 aromatic heterocycles. The second-order valence-electron chi connectivity index (χ2n) is 6.57. The Bertz CT molecular complexity index is 523. The first-order chi connectivity index (χ1) is 11.2. The molecule has 1 N–H and O–H groups in total. The average molecular weight is 336 g/mol. The highest BCUT2D eigenvalue weighted by molar-refractivity contribution is 6.30. The largest absolute Gasteiger partial charge is 0.338 e. The number of carbonyl (C=O) groups is 1. The van der Waals surface area contributed by atoms with Crippen molar-refractivity contribution in [2.24, 2.45) is 0 Å². The van der Waals surface area contributed by atoms with Crippen molar-refractivity contribution in [1.29, 1.82) is 0 Å². The normalized spacial score (nSPS) is 20.0. The van der Waals surface area contributed by atoms with E-state index >= 15 is 0 Å². The number of carbonyl (C=O) groups excluding carboxylic acids is 1. The van der Waals surface area contributed by atoms with Gasteiger partial charge in [-0.1, -0.05) is 36.6 Å². The lowest BCUT2D eigenvalue weighted by Gasteiger charge is -2.38. The summed E-state index contributed by atoms with van der Waals surface area (Å²) in [5, 5.41) is 3.78. The molecule has 3 rings (SSSR count). The Balaban J connectivity index is 1.37. The van der Waals surface area contributed by atoms with Gasteiger partial charge < -0.3 is 10.2 Å². The maximum atomic E-state index is 12.3. The summed E-state index contributed by atoms with van der Waals surface area (Å²) < 4.78 is 0. The zero-order chi connectivity index (χ0) is 16.1. The maximum Gasteiger partial charge on any atom is 0.317 e. The molecule has 0 spiro atoms.